The number of urea groups is 1. The molecular weight excluding hydrogens is 282 g/mol. The van der Waals surface area contributed by atoms with Gasteiger partial charge in [-0.05, 0) is 30.5 Å². The van der Waals surface area contributed by atoms with Crippen LogP contribution in [-0.2, 0) is 0 Å². The van der Waals surface area contributed by atoms with E-state index >= 15 is 0 Å². The molecular formula is C16H25N3OS. The summed E-state index contributed by atoms with van der Waals surface area (Å²) in [5.41, 5.74) is 1.11. The van der Waals surface area contributed by atoms with Crippen LogP contribution in [-0.4, -0.2) is 39.5 Å². The number of hydrogen-bond acceptors (Lipinski definition) is 3. The van der Waals surface area contributed by atoms with Gasteiger partial charge in [0.1, 0.15) is 0 Å². The first kappa shape index (κ1) is 16.1. The van der Waals surface area contributed by atoms with Crippen LogP contribution in [0.4, 0.5) is 4.79 Å². The highest BCUT2D eigenvalue weighted by atomic mass is 32.2. The van der Waals surface area contributed by atoms with Gasteiger partial charge in [-0.1, -0.05) is 20.8 Å². The average molecular weight is 307 g/mol. The fourth-order valence-corrected chi connectivity index (χ4v) is 3.74. The van der Waals surface area contributed by atoms with Crippen LogP contribution in [0.5, 0.6) is 0 Å². The second kappa shape index (κ2) is 7.16. The molecule has 1 N–H and O–H groups in total. The van der Waals surface area contributed by atoms with E-state index < -0.39 is 0 Å². The predicted molar refractivity (Wildman–Crippen MR) is 88.4 cm³/mol. The summed E-state index contributed by atoms with van der Waals surface area (Å²) in [4.78, 5) is 18.7. The van der Waals surface area contributed by atoms with Gasteiger partial charge in [-0.25, -0.2) is 4.79 Å². The smallest absolute Gasteiger partial charge is 0.318 e. The number of rotatable bonds is 3. The van der Waals surface area contributed by atoms with Crippen LogP contribution in [0.25, 0.3) is 0 Å². The molecule has 0 saturated carbocycles. The van der Waals surface area contributed by atoms with Gasteiger partial charge < -0.3 is 10.2 Å². The monoisotopic (exact) mass is 307 g/mol. The van der Waals surface area contributed by atoms with E-state index in [1.54, 1.807) is 12.4 Å². The molecule has 116 valence electrons. The maximum absolute atomic E-state index is 12.6. The molecule has 0 aromatic carbocycles. The van der Waals surface area contributed by atoms with Crippen LogP contribution in [0.3, 0.4) is 0 Å². The molecule has 1 aliphatic heterocycles. The third-order valence-corrected chi connectivity index (χ3v) is 5.49. The molecule has 2 rings (SSSR count). The van der Waals surface area contributed by atoms with Crippen LogP contribution in [0.2, 0.25) is 0 Å². The third kappa shape index (κ3) is 3.90. The Hall–Kier alpha value is -1.23. The number of nitrogens with one attached hydrogen (secondary N) is 1. The number of pyridine rings is 1. The third-order valence-electron chi connectivity index (χ3n) is 4.16. The van der Waals surface area contributed by atoms with Crippen molar-refractivity contribution in [3.8, 4) is 0 Å². The Kier molecular flexibility index (Phi) is 5.51. The van der Waals surface area contributed by atoms with Crippen LogP contribution in [0.15, 0.2) is 24.5 Å². The van der Waals surface area contributed by atoms with Gasteiger partial charge in [-0.3, -0.25) is 4.98 Å². The van der Waals surface area contributed by atoms with Crippen LogP contribution < -0.4 is 5.32 Å². The summed E-state index contributed by atoms with van der Waals surface area (Å²) < 4.78 is 0. The quantitative estimate of drug-likeness (QED) is 0.932. The van der Waals surface area contributed by atoms with Gasteiger partial charge in [0.05, 0.1) is 6.04 Å². The van der Waals surface area contributed by atoms with Gasteiger partial charge in [0.2, 0.25) is 0 Å². The zero-order valence-corrected chi connectivity index (χ0v) is 14.1. The van der Waals surface area contributed by atoms with Crippen molar-refractivity contribution in [1.29, 1.82) is 0 Å². The van der Waals surface area contributed by atoms with E-state index in [0.29, 0.717) is 11.2 Å². The Bertz CT molecular complexity index is 466. The Labute approximate surface area is 131 Å². The maximum Gasteiger partial charge on any atom is 0.318 e. The predicted octanol–water partition coefficient (Wildman–Crippen LogP) is 3.31. The van der Waals surface area contributed by atoms with Crippen LogP contribution in [0.1, 0.15) is 39.3 Å². The molecule has 3 atom stereocenters. The molecule has 1 saturated heterocycles. The van der Waals surface area contributed by atoms with Crippen molar-refractivity contribution in [3.05, 3.63) is 30.1 Å². The van der Waals surface area contributed by atoms with Crippen molar-refractivity contribution < 1.29 is 4.79 Å². The first-order chi connectivity index (χ1) is 10.0. The summed E-state index contributed by atoms with van der Waals surface area (Å²) >= 11 is 1.94. The van der Waals surface area contributed by atoms with Crippen molar-refractivity contribution in [2.45, 2.75) is 45.0 Å². The van der Waals surface area contributed by atoms with Crippen molar-refractivity contribution in [3.63, 3.8) is 0 Å². The largest absolute Gasteiger partial charge is 0.331 e. The van der Waals surface area contributed by atoms with E-state index in [2.05, 4.69) is 38.0 Å². The van der Waals surface area contributed by atoms with Gasteiger partial charge in [0.15, 0.2) is 0 Å². The topological polar surface area (TPSA) is 45.2 Å². The minimum atomic E-state index is 0.0255. The van der Waals surface area contributed by atoms with Crippen molar-refractivity contribution in [2.24, 2.45) is 5.92 Å². The first-order valence-corrected chi connectivity index (χ1v) is 8.64. The minimum Gasteiger partial charge on any atom is -0.331 e. The lowest BCUT2D eigenvalue weighted by molar-refractivity contribution is 0.173. The zero-order valence-electron chi connectivity index (χ0n) is 13.2. The molecule has 0 bridgehead atoms. The van der Waals surface area contributed by atoms with Gasteiger partial charge >= 0.3 is 6.03 Å². The summed E-state index contributed by atoms with van der Waals surface area (Å²) in [5, 5.41) is 3.69. The van der Waals surface area contributed by atoms with Crippen molar-refractivity contribution in [1.82, 2.24) is 15.2 Å². The average Bonchev–Trinajstić information content (AvgIpc) is 2.48. The Morgan fingerprint density at radius 1 is 1.38 bits per heavy atom. The normalized spacial score (nSPS) is 24.0. The number of aromatic nitrogens is 1. The highest BCUT2D eigenvalue weighted by Crippen LogP contribution is 2.26. The molecule has 2 heterocycles. The maximum atomic E-state index is 12.6. The summed E-state index contributed by atoms with van der Waals surface area (Å²) in [6.07, 6.45) is 3.55. The van der Waals surface area contributed by atoms with E-state index in [1.165, 1.54) is 0 Å². The van der Waals surface area contributed by atoms with E-state index in [9.17, 15) is 4.79 Å². The molecule has 4 nitrogen and oxygen atoms in total. The van der Waals surface area contributed by atoms with Crippen molar-refractivity contribution >= 4 is 17.8 Å². The SMILES string of the molecule is CC(C)[C@H](NC(=O)N1CCS[C@H](C)[C@@H]1C)c1ccncc1. The molecule has 0 unspecified atom stereocenters. The van der Waals surface area contributed by atoms with E-state index in [-0.39, 0.29) is 18.1 Å². The lowest BCUT2D eigenvalue weighted by atomic mass is 9.97. The highest BCUT2D eigenvalue weighted by Gasteiger charge is 2.30. The molecule has 21 heavy (non-hydrogen) atoms. The fraction of sp³-hybridized carbons (Fsp3) is 0.625. The number of hydrogen-bond donors (Lipinski definition) is 1. The molecule has 2 amide bonds. The van der Waals surface area contributed by atoms with Crippen molar-refractivity contribution in [2.75, 3.05) is 12.3 Å². The van der Waals surface area contributed by atoms with E-state index in [4.69, 9.17) is 0 Å². The van der Waals surface area contributed by atoms with Crippen LogP contribution in [0, 0.1) is 5.92 Å². The molecule has 5 heteroatoms. The number of nitrogens with zero attached hydrogens (tertiary/aromatic N) is 2. The van der Waals surface area contributed by atoms with E-state index in [1.807, 2.05) is 28.8 Å². The van der Waals surface area contributed by atoms with Gasteiger partial charge in [-0.15, -0.1) is 0 Å². The van der Waals surface area contributed by atoms with Gasteiger partial charge in [0.25, 0.3) is 0 Å². The molecule has 1 aromatic heterocycles. The lowest BCUT2D eigenvalue weighted by Gasteiger charge is -2.38. The second-order valence-corrected chi connectivity index (χ2v) is 7.45. The number of amides is 2. The second-order valence-electron chi connectivity index (χ2n) is 5.96. The van der Waals surface area contributed by atoms with Crippen LogP contribution >= 0.6 is 11.8 Å². The Balaban J connectivity index is 2.08. The van der Waals surface area contributed by atoms with E-state index in [0.717, 1.165) is 17.9 Å². The number of thioether (sulfide) groups is 1. The summed E-state index contributed by atoms with van der Waals surface area (Å²) in [5.74, 6) is 1.35. The molecule has 0 radical (unpaired) electrons. The highest BCUT2D eigenvalue weighted by molar-refractivity contribution is 8.00. The fourth-order valence-electron chi connectivity index (χ4n) is 2.64. The Morgan fingerprint density at radius 2 is 2.05 bits per heavy atom. The first-order valence-electron chi connectivity index (χ1n) is 7.59. The number of carbonyl (C=O) groups excluding carboxylic acids is 1. The number of carbonyl (C=O) groups is 1. The molecule has 0 aliphatic carbocycles. The molecule has 1 fully saturated rings. The standard InChI is InChI=1S/C16H25N3OS/c1-11(2)15(14-5-7-17-8-6-14)18-16(20)19-9-10-21-13(4)12(19)3/h5-8,11-13,15H,9-10H2,1-4H3,(H,18,20)/t12-,13+,15-/m0/s1. The molecule has 1 aromatic rings. The summed E-state index contributed by atoms with van der Waals surface area (Å²) in [7, 11) is 0. The minimum absolute atomic E-state index is 0.0255. The van der Waals surface area contributed by atoms with Gasteiger partial charge in [-0.2, -0.15) is 11.8 Å². The summed E-state index contributed by atoms with van der Waals surface area (Å²) in [6, 6.07) is 4.29. The Morgan fingerprint density at radius 3 is 2.67 bits per heavy atom. The van der Waals surface area contributed by atoms with Gasteiger partial charge in [0, 0.05) is 36.0 Å². The molecule has 0 spiro atoms. The summed E-state index contributed by atoms with van der Waals surface area (Å²) in [6.45, 7) is 9.40. The zero-order chi connectivity index (χ0) is 15.4. The molecule has 1 aliphatic rings. The lowest BCUT2D eigenvalue weighted by Crippen LogP contribution is -2.52.